The summed E-state index contributed by atoms with van der Waals surface area (Å²) in [5, 5.41) is 19.5. The van der Waals surface area contributed by atoms with E-state index < -0.39 is 16.6 Å². The van der Waals surface area contributed by atoms with Gasteiger partial charge in [0.25, 0.3) is 0 Å². The quantitative estimate of drug-likeness (QED) is 0.342. The number of nitro groups is 1. The predicted octanol–water partition coefficient (Wildman–Crippen LogP) is 2.69. The molecule has 108 valence electrons. The van der Waals surface area contributed by atoms with E-state index in [2.05, 4.69) is 0 Å². The summed E-state index contributed by atoms with van der Waals surface area (Å²) in [5.74, 6) is -1.09. The van der Waals surface area contributed by atoms with E-state index in [1.807, 2.05) is 0 Å². The van der Waals surface area contributed by atoms with Crippen LogP contribution in [0.25, 0.3) is 0 Å². The monoisotopic (exact) mass is 301 g/mol. The molecule has 1 aromatic carbocycles. The minimum atomic E-state index is -0.919. The lowest BCUT2D eigenvalue weighted by atomic mass is 10.2. The number of nitrogens with zero attached hydrogens (tertiary/aromatic N) is 1. The first-order valence-corrected chi connectivity index (χ1v) is 6.11. The molecule has 0 aliphatic rings. The van der Waals surface area contributed by atoms with Gasteiger partial charge in [0.1, 0.15) is 0 Å². The zero-order valence-corrected chi connectivity index (χ0v) is 11.1. The minimum Gasteiger partial charge on any atom is -0.486 e. The third-order valence-electron chi connectivity index (χ3n) is 2.46. The van der Waals surface area contributed by atoms with Gasteiger partial charge in [0, 0.05) is 6.42 Å². The third kappa shape index (κ3) is 4.20. The summed E-state index contributed by atoms with van der Waals surface area (Å²) >= 11 is 5.83. The van der Waals surface area contributed by atoms with Crippen molar-refractivity contribution in [2.45, 2.75) is 19.3 Å². The first kappa shape index (κ1) is 15.9. The topological polar surface area (TPSA) is 107 Å². The fraction of sp³-hybridized carbons (Fsp3) is 0.333. The summed E-state index contributed by atoms with van der Waals surface area (Å²) in [5.41, 5.74) is -0.606. The Balaban J connectivity index is 2.80. The SMILES string of the molecule is O=Cc1ccc(Cl)c(OCCCCC(=O)O)c1[N+](=O)[O-]. The van der Waals surface area contributed by atoms with Crippen molar-refractivity contribution in [3.63, 3.8) is 0 Å². The number of carbonyl (C=O) groups excluding carboxylic acids is 1. The van der Waals surface area contributed by atoms with Crippen molar-refractivity contribution in [2.75, 3.05) is 6.61 Å². The van der Waals surface area contributed by atoms with E-state index in [0.717, 1.165) is 0 Å². The highest BCUT2D eigenvalue weighted by Gasteiger charge is 2.23. The minimum absolute atomic E-state index is 0.00639. The third-order valence-corrected chi connectivity index (χ3v) is 2.75. The molecule has 0 heterocycles. The van der Waals surface area contributed by atoms with Crippen LogP contribution in [0.2, 0.25) is 5.02 Å². The van der Waals surface area contributed by atoms with Crippen molar-refractivity contribution in [1.29, 1.82) is 0 Å². The number of aldehydes is 1. The highest BCUT2D eigenvalue weighted by Crippen LogP contribution is 2.37. The molecule has 7 nitrogen and oxygen atoms in total. The molecule has 0 bridgehead atoms. The molecular formula is C12H12ClNO6. The van der Waals surface area contributed by atoms with Crippen LogP contribution in [0, 0.1) is 10.1 Å². The lowest BCUT2D eigenvalue weighted by molar-refractivity contribution is -0.386. The number of carboxylic acids is 1. The largest absolute Gasteiger partial charge is 0.486 e. The van der Waals surface area contributed by atoms with Crippen molar-refractivity contribution in [3.8, 4) is 5.75 Å². The van der Waals surface area contributed by atoms with Crippen molar-refractivity contribution < 1.29 is 24.4 Å². The summed E-state index contributed by atoms with van der Waals surface area (Å²) < 4.78 is 5.23. The van der Waals surface area contributed by atoms with Gasteiger partial charge in [-0.1, -0.05) is 11.6 Å². The molecule has 0 atom stereocenters. The average Bonchev–Trinajstić information content (AvgIpc) is 2.39. The van der Waals surface area contributed by atoms with E-state index in [1.165, 1.54) is 12.1 Å². The molecule has 0 aliphatic carbocycles. The van der Waals surface area contributed by atoms with Crippen LogP contribution in [0.4, 0.5) is 5.69 Å². The highest BCUT2D eigenvalue weighted by atomic mass is 35.5. The molecule has 0 saturated heterocycles. The zero-order valence-electron chi connectivity index (χ0n) is 10.4. The average molecular weight is 302 g/mol. The molecule has 8 heteroatoms. The van der Waals surface area contributed by atoms with Gasteiger partial charge in [-0.15, -0.1) is 0 Å². The Morgan fingerprint density at radius 1 is 1.45 bits per heavy atom. The summed E-state index contributed by atoms with van der Waals surface area (Å²) in [6.07, 6.45) is 1.14. The normalized spacial score (nSPS) is 10.1. The molecule has 0 aromatic heterocycles. The molecule has 1 N–H and O–H groups in total. The van der Waals surface area contributed by atoms with E-state index in [1.54, 1.807) is 0 Å². The fourth-order valence-electron chi connectivity index (χ4n) is 1.54. The molecule has 0 spiro atoms. The fourth-order valence-corrected chi connectivity index (χ4v) is 1.74. The number of nitro benzene ring substituents is 1. The lowest BCUT2D eigenvalue weighted by Gasteiger charge is -2.09. The Hall–Kier alpha value is -2.15. The Morgan fingerprint density at radius 2 is 2.15 bits per heavy atom. The number of hydrogen-bond donors (Lipinski definition) is 1. The highest BCUT2D eigenvalue weighted by molar-refractivity contribution is 6.32. The summed E-state index contributed by atoms with van der Waals surface area (Å²) in [6, 6.07) is 2.58. The van der Waals surface area contributed by atoms with Crippen molar-refractivity contribution in [1.82, 2.24) is 0 Å². The van der Waals surface area contributed by atoms with Gasteiger partial charge in [-0.05, 0) is 25.0 Å². The maximum absolute atomic E-state index is 11.0. The maximum atomic E-state index is 11.0. The van der Waals surface area contributed by atoms with Crippen LogP contribution in [0.3, 0.4) is 0 Å². The predicted molar refractivity (Wildman–Crippen MR) is 70.5 cm³/mol. The molecule has 0 unspecified atom stereocenters. The van der Waals surface area contributed by atoms with E-state index in [9.17, 15) is 19.7 Å². The standard InChI is InChI=1S/C12H12ClNO6/c13-9-5-4-8(7-15)11(14(18)19)12(9)20-6-2-1-3-10(16)17/h4-5,7H,1-3,6H2,(H,16,17). The molecule has 0 saturated carbocycles. The molecule has 1 aromatic rings. The van der Waals surface area contributed by atoms with Crippen LogP contribution in [0.5, 0.6) is 5.75 Å². The number of rotatable bonds is 8. The molecular weight excluding hydrogens is 290 g/mol. The second-order valence-electron chi connectivity index (χ2n) is 3.89. The molecule has 20 heavy (non-hydrogen) atoms. The first-order valence-electron chi connectivity index (χ1n) is 5.74. The Bertz CT molecular complexity index is 531. The molecule has 0 amide bonds. The van der Waals surface area contributed by atoms with Gasteiger partial charge in [0.2, 0.25) is 5.75 Å². The number of carbonyl (C=O) groups is 2. The van der Waals surface area contributed by atoms with Crippen LogP contribution in [0.1, 0.15) is 29.6 Å². The Kier molecular flexibility index (Phi) is 5.92. The number of aliphatic carboxylic acids is 1. The Morgan fingerprint density at radius 3 is 2.70 bits per heavy atom. The first-order chi connectivity index (χ1) is 9.47. The van der Waals surface area contributed by atoms with Gasteiger partial charge in [0.05, 0.1) is 22.1 Å². The number of benzene rings is 1. The summed E-state index contributed by atoms with van der Waals surface area (Å²) in [4.78, 5) is 31.3. The van der Waals surface area contributed by atoms with Crippen LogP contribution >= 0.6 is 11.6 Å². The van der Waals surface area contributed by atoms with Crippen LogP contribution in [-0.4, -0.2) is 28.9 Å². The van der Waals surface area contributed by atoms with E-state index in [0.29, 0.717) is 19.1 Å². The van der Waals surface area contributed by atoms with Crippen molar-refractivity contribution in [2.24, 2.45) is 0 Å². The van der Waals surface area contributed by atoms with Crippen LogP contribution in [0.15, 0.2) is 12.1 Å². The number of halogens is 1. The number of ether oxygens (including phenoxy) is 1. The number of hydrogen-bond acceptors (Lipinski definition) is 5. The molecule has 1 rings (SSSR count). The van der Waals surface area contributed by atoms with E-state index in [4.69, 9.17) is 21.4 Å². The van der Waals surface area contributed by atoms with Crippen molar-refractivity contribution >= 4 is 29.5 Å². The van der Waals surface area contributed by atoms with Gasteiger partial charge in [-0.2, -0.15) is 0 Å². The maximum Gasteiger partial charge on any atom is 0.322 e. The van der Waals surface area contributed by atoms with Gasteiger partial charge in [0.15, 0.2) is 6.29 Å². The Labute approximate surface area is 119 Å². The molecule has 0 radical (unpaired) electrons. The number of unbranched alkanes of at least 4 members (excludes halogenated alkanes) is 1. The van der Waals surface area contributed by atoms with Crippen molar-refractivity contribution in [3.05, 3.63) is 32.8 Å². The number of carboxylic acid groups (broad SMARTS) is 1. The summed E-state index contributed by atoms with van der Waals surface area (Å²) in [7, 11) is 0. The zero-order chi connectivity index (χ0) is 15.1. The smallest absolute Gasteiger partial charge is 0.322 e. The second kappa shape index (κ2) is 7.44. The van der Waals surface area contributed by atoms with Gasteiger partial charge in [-0.25, -0.2) is 0 Å². The van der Waals surface area contributed by atoms with E-state index >= 15 is 0 Å². The van der Waals surface area contributed by atoms with Crippen LogP contribution < -0.4 is 4.74 Å². The van der Waals surface area contributed by atoms with Crippen LogP contribution in [-0.2, 0) is 4.79 Å². The second-order valence-corrected chi connectivity index (χ2v) is 4.30. The van der Waals surface area contributed by atoms with Gasteiger partial charge >= 0.3 is 11.7 Å². The lowest BCUT2D eigenvalue weighted by Crippen LogP contribution is -2.04. The van der Waals surface area contributed by atoms with Gasteiger partial charge < -0.3 is 9.84 Å². The molecule has 0 aliphatic heterocycles. The van der Waals surface area contributed by atoms with E-state index in [-0.39, 0.29) is 29.4 Å². The summed E-state index contributed by atoms with van der Waals surface area (Å²) in [6.45, 7) is 0.0795. The van der Waals surface area contributed by atoms with Gasteiger partial charge in [-0.3, -0.25) is 19.7 Å². The molecule has 0 fully saturated rings.